The number of aliphatic hydroxyl groups excluding tert-OH is 1. The smallest absolute Gasteiger partial charge is 0.322 e. The van der Waals surface area contributed by atoms with Gasteiger partial charge in [-0.1, -0.05) is 18.2 Å². The molecule has 3 aliphatic rings. The maximum atomic E-state index is 13.2. The first kappa shape index (κ1) is 23.0. The second kappa shape index (κ2) is 9.77. The summed E-state index contributed by atoms with van der Waals surface area (Å²) in [7, 11) is 1.66. The lowest BCUT2D eigenvalue weighted by atomic mass is 9.90. The zero-order valence-corrected chi connectivity index (χ0v) is 19.2. The van der Waals surface area contributed by atoms with Crippen LogP contribution in [0.1, 0.15) is 32.6 Å². The average Bonchev–Trinajstić information content (AvgIpc) is 3.57. The molecule has 3 fully saturated rings. The lowest BCUT2D eigenvalue weighted by molar-refractivity contribution is -0.143. The Hall–Kier alpha value is -2.16. The van der Waals surface area contributed by atoms with Crippen molar-refractivity contribution in [2.45, 2.75) is 50.8 Å². The van der Waals surface area contributed by atoms with Crippen molar-refractivity contribution >= 4 is 17.6 Å². The van der Waals surface area contributed by atoms with Crippen molar-refractivity contribution in [2.75, 3.05) is 51.8 Å². The fraction of sp³-hybridized carbons (Fsp3) is 0.667. The molecule has 1 aromatic carbocycles. The highest BCUT2D eigenvalue weighted by molar-refractivity contribution is 5.94. The molecule has 0 bridgehead atoms. The quantitative estimate of drug-likeness (QED) is 0.672. The summed E-state index contributed by atoms with van der Waals surface area (Å²) in [6.45, 7) is 5.79. The molecule has 2 aliphatic heterocycles. The summed E-state index contributed by atoms with van der Waals surface area (Å²) in [6, 6.07) is 8.46. The van der Waals surface area contributed by atoms with Crippen LogP contribution < -0.4 is 5.32 Å². The SMILES string of the molecule is COC[C@H](CCN1CCC2(CC2)[C@H](O)C1)N1CCN(C(=O)Nc2ccccc2)[C@@H](C)C1=O. The van der Waals surface area contributed by atoms with E-state index in [-0.39, 0.29) is 29.5 Å². The largest absolute Gasteiger partial charge is 0.391 e. The van der Waals surface area contributed by atoms with Crippen LogP contribution in [-0.2, 0) is 9.53 Å². The van der Waals surface area contributed by atoms with E-state index in [0.29, 0.717) is 25.4 Å². The van der Waals surface area contributed by atoms with E-state index in [1.54, 1.807) is 18.9 Å². The number of hydrogen-bond donors (Lipinski definition) is 2. The number of carbonyl (C=O) groups is 2. The van der Waals surface area contributed by atoms with E-state index in [1.165, 1.54) is 0 Å². The predicted molar refractivity (Wildman–Crippen MR) is 122 cm³/mol. The number of nitrogens with zero attached hydrogens (tertiary/aromatic N) is 3. The minimum Gasteiger partial charge on any atom is -0.391 e. The molecule has 2 heterocycles. The Balaban J connectivity index is 1.32. The topological polar surface area (TPSA) is 85.3 Å². The Labute approximate surface area is 190 Å². The predicted octanol–water partition coefficient (Wildman–Crippen LogP) is 2.00. The minimum absolute atomic E-state index is 0.0387. The molecule has 176 valence electrons. The van der Waals surface area contributed by atoms with E-state index in [0.717, 1.165) is 45.3 Å². The van der Waals surface area contributed by atoms with Gasteiger partial charge in [-0.2, -0.15) is 0 Å². The Kier molecular flexibility index (Phi) is 7.02. The molecule has 3 atom stereocenters. The summed E-state index contributed by atoms with van der Waals surface area (Å²) in [5, 5.41) is 13.4. The minimum atomic E-state index is -0.529. The first-order valence-corrected chi connectivity index (χ1v) is 11.8. The lowest BCUT2D eigenvalue weighted by Crippen LogP contribution is -2.61. The van der Waals surface area contributed by atoms with Gasteiger partial charge < -0.3 is 29.9 Å². The number of piperidine rings is 1. The van der Waals surface area contributed by atoms with Gasteiger partial charge in [-0.15, -0.1) is 0 Å². The van der Waals surface area contributed by atoms with Crippen LogP contribution in [0.5, 0.6) is 0 Å². The number of anilines is 1. The fourth-order valence-corrected chi connectivity index (χ4v) is 5.13. The summed E-state index contributed by atoms with van der Waals surface area (Å²) >= 11 is 0. The van der Waals surface area contributed by atoms with Crippen LogP contribution in [-0.4, -0.2) is 96.4 Å². The summed E-state index contributed by atoms with van der Waals surface area (Å²) in [5.41, 5.74) is 0.915. The fourth-order valence-electron chi connectivity index (χ4n) is 5.13. The van der Waals surface area contributed by atoms with Gasteiger partial charge >= 0.3 is 6.03 Å². The molecule has 1 aliphatic carbocycles. The number of urea groups is 1. The van der Waals surface area contributed by atoms with E-state index in [2.05, 4.69) is 10.2 Å². The number of rotatable bonds is 7. The van der Waals surface area contributed by atoms with Gasteiger partial charge in [0.1, 0.15) is 6.04 Å². The Morgan fingerprint density at radius 1 is 1.22 bits per heavy atom. The Morgan fingerprint density at radius 2 is 1.97 bits per heavy atom. The Morgan fingerprint density at radius 3 is 2.62 bits per heavy atom. The number of ether oxygens (including phenoxy) is 1. The van der Waals surface area contributed by atoms with Crippen molar-refractivity contribution in [3.8, 4) is 0 Å². The summed E-state index contributed by atoms with van der Waals surface area (Å²) in [6.07, 6.45) is 3.94. The number of nitrogens with one attached hydrogen (secondary N) is 1. The van der Waals surface area contributed by atoms with Gasteiger partial charge in [0.2, 0.25) is 5.91 Å². The monoisotopic (exact) mass is 444 g/mol. The van der Waals surface area contributed by atoms with Crippen molar-refractivity contribution < 1.29 is 19.4 Å². The number of hydrogen-bond acceptors (Lipinski definition) is 5. The third-order valence-electron chi connectivity index (χ3n) is 7.51. The molecule has 1 spiro atoms. The molecule has 8 nitrogen and oxygen atoms in total. The van der Waals surface area contributed by atoms with Gasteiger partial charge in [-0.25, -0.2) is 4.79 Å². The van der Waals surface area contributed by atoms with Gasteiger partial charge in [0, 0.05) is 39.0 Å². The number of amides is 3. The van der Waals surface area contributed by atoms with Crippen molar-refractivity contribution in [3.05, 3.63) is 30.3 Å². The molecular formula is C24H36N4O4. The number of carbonyl (C=O) groups excluding carboxylic acids is 2. The third-order valence-corrected chi connectivity index (χ3v) is 7.51. The highest BCUT2D eigenvalue weighted by Gasteiger charge is 2.51. The second-order valence-electron chi connectivity index (χ2n) is 9.52. The molecule has 2 saturated heterocycles. The van der Waals surface area contributed by atoms with Gasteiger partial charge in [-0.05, 0) is 56.7 Å². The highest BCUT2D eigenvalue weighted by Crippen LogP contribution is 2.53. The van der Waals surface area contributed by atoms with Gasteiger partial charge in [-0.3, -0.25) is 4.79 Å². The number of methoxy groups -OCH3 is 1. The molecule has 1 aromatic rings. The zero-order chi connectivity index (χ0) is 22.7. The van der Waals surface area contributed by atoms with E-state index < -0.39 is 6.04 Å². The summed E-state index contributed by atoms with van der Waals surface area (Å²) in [5.74, 6) is -0.0443. The van der Waals surface area contributed by atoms with Crippen LogP contribution in [0, 0.1) is 5.41 Å². The van der Waals surface area contributed by atoms with Crippen molar-refractivity contribution in [1.82, 2.24) is 14.7 Å². The van der Waals surface area contributed by atoms with Crippen LogP contribution in [0.25, 0.3) is 0 Å². The molecule has 0 unspecified atom stereocenters. The van der Waals surface area contributed by atoms with E-state index in [4.69, 9.17) is 4.74 Å². The lowest BCUT2D eigenvalue weighted by Gasteiger charge is -2.43. The molecule has 0 radical (unpaired) electrons. The molecule has 1 saturated carbocycles. The summed E-state index contributed by atoms with van der Waals surface area (Å²) < 4.78 is 5.44. The van der Waals surface area contributed by atoms with Crippen molar-refractivity contribution in [3.63, 3.8) is 0 Å². The normalized spacial score (nSPS) is 26.3. The van der Waals surface area contributed by atoms with Gasteiger partial charge in [0.15, 0.2) is 0 Å². The van der Waals surface area contributed by atoms with Gasteiger partial charge in [0.25, 0.3) is 0 Å². The highest BCUT2D eigenvalue weighted by atomic mass is 16.5. The van der Waals surface area contributed by atoms with Gasteiger partial charge in [0.05, 0.1) is 18.8 Å². The number of benzene rings is 1. The molecule has 8 heteroatoms. The number of aliphatic hydroxyl groups is 1. The van der Waals surface area contributed by atoms with Crippen LogP contribution in [0.4, 0.5) is 10.5 Å². The first-order valence-electron chi connectivity index (χ1n) is 11.8. The standard InChI is InChI=1S/C24H36N4O4/c1-18-22(30)28(15-14-27(18)23(31)25-19-6-4-3-5-7-19)20(17-32-2)8-12-26-13-11-24(9-10-24)21(29)16-26/h3-7,18,20-21,29H,8-17H2,1-2H3,(H,25,31)/t18-,20-,21+/m0/s1. The molecule has 4 rings (SSSR count). The molecule has 3 amide bonds. The number of likely N-dealkylation sites (tertiary alicyclic amines) is 1. The number of para-hydroxylation sites is 1. The van der Waals surface area contributed by atoms with E-state index >= 15 is 0 Å². The Bertz CT molecular complexity index is 800. The van der Waals surface area contributed by atoms with Crippen molar-refractivity contribution in [1.29, 1.82) is 0 Å². The molecule has 2 N–H and O–H groups in total. The number of β-amino-alcohol motifs (C(OH)–C–C–N with tert-alkyl or cyclic N) is 1. The van der Waals surface area contributed by atoms with Crippen LogP contribution >= 0.6 is 0 Å². The summed E-state index contributed by atoms with van der Waals surface area (Å²) in [4.78, 5) is 31.7. The average molecular weight is 445 g/mol. The molecular weight excluding hydrogens is 408 g/mol. The van der Waals surface area contributed by atoms with E-state index in [9.17, 15) is 14.7 Å². The van der Waals surface area contributed by atoms with E-state index in [1.807, 2.05) is 35.2 Å². The molecule has 32 heavy (non-hydrogen) atoms. The number of piperazine rings is 1. The van der Waals surface area contributed by atoms with Crippen molar-refractivity contribution in [2.24, 2.45) is 5.41 Å². The maximum absolute atomic E-state index is 13.2. The van der Waals surface area contributed by atoms with Crippen LogP contribution in [0.15, 0.2) is 30.3 Å². The van der Waals surface area contributed by atoms with Crippen LogP contribution in [0.2, 0.25) is 0 Å². The zero-order valence-electron chi connectivity index (χ0n) is 19.2. The molecule has 0 aromatic heterocycles. The third kappa shape index (κ3) is 4.92. The second-order valence-corrected chi connectivity index (χ2v) is 9.52. The van der Waals surface area contributed by atoms with Crippen LogP contribution in [0.3, 0.4) is 0 Å². The maximum Gasteiger partial charge on any atom is 0.322 e. The first-order chi connectivity index (χ1) is 15.4.